The van der Waals surface area contributed by atoms with Crippen molar-refractivity contribution in [2.75, 3.05) is 0 Å². The van der Waals surface area contributed by atoms with E-state index in [9.17, 15) is 0 Å². The zero-order valence-corrected chi connectivity index (χ0v) is 62.9. The van der Waals surface area contributed by atoms with Gasteiger partial charge in [-0.25, -0.2) is 0 Å². The van der Waals surface area contributed by atoms with Crippen molar-refractivity contribution in [3.8, 4) is 0 Å². The van der Waals surface area contributed by atoms with Crippen LogP contribution >= 0.6 is 0 Å². The van der Waals surface area contributed by atoms with Gasteiger partial charge in [0.15, 0.2) is 0 Å². The SMILES string of the molecule is [B][B]B(B([B])[B])B(B(B([B])[B])B([B])[B])B(B(B(B([B])[B])B([B])[B])B(B([B])[B])B([B])[B])B(B(B(B([B])[B])B([B])[B])B(B([B])[B])B([B])[B])B(B(B(B(B([B])[B])B([B])[B])B(B([B])[B])B([B])[B])B(B(B([B])[B])B([B])[B])B(B([B])[B])B([B])[B])B(B(B(B([B])[B])B([B])[B])B(B([B])[B])B([B])[B])B(B(B([B])[B])B([B])[B])B(B([B])[B])B([B])[B]. The largest absolute Gasteiger partial charge is 0 e. The standard InChI is InChI=1S/B109/c1-56-84(57(2)3)98(85(58(4)5)59(6)7)105(99(86(60(8)9)61(10)11)87(62(12)13)63(14)15)108(104(96(80(48)49)81(50)51)97(82(52)53)83(54)55)109(106(100(88(64(16)17)65(18)19)89(66(20)21)67(22)23)101(90(68(24)25)69(26)27)91(70(28)29)71(30)31)107(102(92(72(32)33)73(34)35)93(74(36)37)75(38)39)103(94(76(40)41)77(42)43)95(78(44)45)79(46)47. The molecule has 0 heterocycles. The molecule has 0 rings (SSSR count). The van der Waals surface area contributed by atoms with Gasteiger partial charge in [-0.15, -0.1) is 0 Å². The first-order valence-electron chi connectivity index (χ1n) is 36.0. The van der Waals surface area contributed by atoms with Crippen LogP contribution < -0.4 is 0 Å². The highest BCUT2D eigenvalue weighted by Crippen LogP contribution is 2.31. The van der Waals surface area contributed by atoms with Gasteiger partial charge in [0.05, 0.1) is 0 Å². The second kappa shape index (κ2) is 53.6. The van der Waals surface area contributed by atoms with E-state index in [1.807, 2.05) is 0 Å². The van der Waals surface area contributed by atoms with Crippen LogP contribution in [0.3, 0.4) is 0 Å². The summed E-state index contributed by atoms with van der Waals surface area (Å²) >= 11 is 0. The summed E-state index contributed by atoms with van der Waals surface area (Å²) in [7, 11) is 398. The van der Waals surface area contributed by atoms with Crippen molar-refractivity contribution < 1.29 is 0 Å². The van der Waals surface area contributed by atoms with Crippen molar-refractivity contribution in [3.05, 3.63) is 0 Å². The quantitative estimate of drug-likeness (QED) is 0.0533. The first-order chi connectivity index (χ1) is 49.6. The second-order valence-electron chi connectivity index (χ2n) is 30.8. The Balaban J connectivity index is 15.5. The average molecular weight is 1180 g/mol. The Kier molecular flexibility index (Phi) is 57.1. The normalized spacial score (nSPS) is 9.83. The lowest BCUT2D eigenvalue weighted by molar-refractivity contribution is 3.12. The minimum Gasteiger partial charge on any atom is 0 e. The molecule has 0 spiro atoms. The average Bonchev–Trinajstić information content (AvgIpc) is 0.705. The molecule has 0 aliphatic carbocycles. The van der Waals surface area contributed by atoms with Gasteiger partial charge in [-0.1, -0.05) is 0 Å². The van der Waals surface area contributed by atoms with E-state index >= 15 is 0 Å². The van der Waals surface area contributed by atoms with Crippen molar-refractivity contribution in [1.82, 2.24) is 0 Å². The molecule has 0 aliphatic rings. The smallest absolute Gasteiger partial charge is 0 e. The summed E-state index contributed by atoms with van der Waals surface area (Å²) in [6.07, 6.45) is -105. The maximum Gasteiger partial charge on any atom is 0 e. The highest BCUT2D eigenvalue weighted by molar-refractivity contribution is 8.45. The molecule has 111 radical (unpaired) electrons. The van der Waals surface area contributed by atoms with Crippen molar-refractivity contribution in [2.45, 2.75) is 0 Å². The Morgan fingerprint density at radius 1 is 0.0826 bits per heavy atom. The van der Waals surface area contributed by atoms with Crippen LogP contribution in [0.2, 0.25) is 0 Å². The fraction of sp³-hybridized carbons (Fsp3) is 0. The summed E-state index contributed by atoms with van der Waals surface area (Å²) in [4.78, 5) is 0. The van der Waals surface area contributed by atoms with Gasteiger partial charge in [-0.05, 0) is 0 Å². The first-order valence-corrected chi connectivity index (χ1v) is 36.0. The van der Waals surface area contributed by atoms with Gasteiger partial charge in [-0.3, -0.25) is 0 Å². The molecular formula is B109. The number of hydrogen-bond acceptors (Lipinski definition) is 0. The van der Waals surface area contributed by atoms with Crippen LogP contribution in [0.25, 0.3) is 0 Å². The van der Waals surface area contributed by atoms with E-state index in [0.717, 1.165) is 7.06 Å². The van der Waals surface area contributed by atoms with Crippen LogP contribution in [0.1, 0.15) is 0 Å². The monoisotopic (exact) mass is 1200 g/mol. The molecule has 0 amide bonds. The highest BCUT2D eigenvalue weighted by atomic mass is 13.5. The summed E-state index contributed by atoms with van der Waals surface area (Å²) in [6.45, 7) is 0. The third kappa shape index (κ3) is 31.2. The van der Waals surface area contributed by atoms with Crippen LogP contribution in [0.15, 0.2) is 0 Å². The van der Waals surface area contributed by atoms with Crippen LogP contribution in [0.4, 0.5) is 0 Å². The first kappa shape index (κ1) is 116. The maximum atomic E-state index is 7.30. The molecule has 0 aliphatic heterocycles. The van der Waals surface area contributed by atoms with Gasteiger partial charge in [0.25, 0.3) is 0 Å². The molecule has 0 saturated carbocycles. The molecule has 0 aromatic rings. The van der Waals surface area contributed by atoms with E-state index < -0.39 is 338 Å². The zero-order chi connectivity index (χ0) is 86.3. The van der Waals surface area contributed by atoms with E-state index in [-0.39, 0.29) is 0 Å². The molecule has 109 heteroatoms. The van der Waals surface area contributed by atoms with E-state index in [1.165, 1.54) is 0 Å². The van der Waals surface area contributed by atoms with E-state index in [0.29, 0.717) is 0 Å². The van der Waals surface area contributed by atoms with Crippen LogP contribution in [0.5, 0.6) is 0 Å². The minimum atomic E-state index is -2.46. The third-order valence-corrected chi connectivity index (χ3v) is 23.3. The summed E-state index contributed by atoms with van der Waals surface area (Å²) in [6, 6.07) is 0. The lowest BCUT2D eigenvalue weighted by Crippen LogP contribution is -3.02. The lowest BCUT2D eigenvalue weighted by Gasteiger charge is -2.64. The fourth-order valence-corrected chi connectivity index (χ4v) is 19.8. The number of hydrogen-bond donors (Lipinski definition) is 0. The molecule has 0 bridgehead atoms. The second-order valence-corrected chi connectivity index (χ2v) is 30.8. The predicted octanol–water partition coefficient (Wildman–Crippen LogP) is -41.5. The lowest BCUT2D eigenvalue weighted by atomic mass is 8.18. The summed E-state index contributed by atoms with van der Waals surface area (Å²) < 4.78 is 0. The highest BCUT2D eigenvalue weighted by Gasteiger charge is 2.69. The summed E-state index contributed by atoms with van der Waals surface area (Å²) in [5.74, 6) is 0. The maximum absolute atomic E-state index is 7.30. The summed E-state index contributed by atoms with van der Waals surface area (Å²) in [5, 5.41) is 0. The molecule has 0 unspecified atom stereocenters. The van der Waals surface area contributed by atoms with Gasteiger partial charge in [0, 0.05) is 771 Å². The fourth-order valence-electron chi connectivity index (χ4n) is 19.8. The van der Waals surface area contributed by atoms with Crippen LogP contribution in [-0.2, 0) is 0 Å². The van der Waals surface area contributed by atoms with Gasteiger partial charge in [0.1, 0.15) is 0 Å². The Bertz CT molecular complexity index is 1890. The van der Waals surface area contributed by atoms with E-state index in [1.54, 1.807) is 0 Å². The van der Waals surface area contributed by atoms with Crippen LogP contribution in [0, 0.1) is 0 Å². The zero-order valence-electron chi connectivity index (χ0n) is 62.9. The molecule has 0 fully saturated rings. The molecule has 327 valence electrons. The molecule has 0 nitrogen and oxygen atoms in total. The Labute approximate surface area is 762 Å². The Morgan fingerprint density at radius 2 is 0.147 bits per heavy atom. The van der Waals surface area contributed by atoms with Gasteiger partial charge < -0.3 is 0 Å². The van der Waals surface area contributed by atoms with Crippen molar-refractivity contribution in [3.63, 3.8) is 0 Å². The van der Waals surface area contributed by atoms with Gasteiger partial charge in [-0.2, -0.15) is 0 Å². The van der Waals surface area contributed by atoms with Crippen molar-refractivity contribution >= 4 is 771 Å². The third-order valence-electron chi connectivity index (χ3n) is 23.3. The Hall–Kier alpha value is 7.08. The topological polar surface area (TPSA) is 0 Å². The molecule has 0 saturated heterocycles. The van der Waals surface area contributed by atoms with E-state index in [4.69, 9.17) is 426 Å². The van der Waals surface area contributed by atoms with E-state index in [2.05, 4.69) is 0 Å². The van der Waals surface area contributed by atoms with Gasteiger partial charge in [0.2, 0.25) is 0 Å². The Morgan fingerprint density at radius 3 is 0.211 bits per heavy atom. The molecule has 0 aromatic heterocycles. The van der Waals surface area contributed by atoms with Gasteiger partial charge >= 0.3 is 0 Å². The molecule has 0 N–H and O–H groups in total. The molecule has 0 atom stereocenters. The molecular weight excluding hydrogens is 1180 g/mol. The molecule has 109 heavy (non-hydrogen) atoms. The predicted molar refractivity (Wildman–Crippen MR) is 627 cm³/mol. The van der Waals surface area contributed by atoms with Crippen LogP contribution in [-0.4, -0.2) is 771 Å². The van der Waals surface area contributed by atoms with Crippen molar-refractivity contribution in [1.29, 1.82) is 0 Å². The number of rotatable bonds is 53. The minimum absolute atomic E-state index is 0.995. The molecule has 0 aromatic carbocycles. The van der Waals surface area contributed by atoms with Crippen molar-refractivity contribution in [2.24, 2.45) is 0 Å². The summed E-state index contributed by atoms with van der Waals surface area (Å²) in [5.41, 5.74) is 0.